The molecule has 124 valence electrons. The molecular weight excluding hydrogens is 324 g/mol. The second kappa shape index (κ2) is 6.83. The van der Waals surface area contributed by atoms with E-state index >= 15 is 0 Å². The van der Waals surface area contributed by atoms with Gasteiger partial charge in [0.15, 0.2) is 5.16 Å². The topological polar surface area (TPSA) is 57.3 Å². The Morgan fingerprint density at radius 2 is 2.17 bits per heavy atom. The Balaban J connectivity index is 1.72. The van der Waals surface area contributed by atoms with Crippen molar-refractivity contribution >= 4 is 22.7 Å². The minimum absolute atomic E-state index is 0.0353. The summed E-state index contributed by atoms with van der Waals surface area (Å²) in [6, 6.07) is 11.2. The highest BCUT2D eigenvalue weighted by Crippen LogP contribution is 2.24. The van der Waals surface area contributed by atoms with Crippen molar-refractivity contribution in [2.45, 2.75) is 30.6 Å². The summed E-state index contributed by atoms with van der Waals surface area (Å²) in [5, 5.41) is 1.34. The van der Waals surface area contributed by atoms with E-state index < -0.39 is 0 Å². The van der Waals surface area contributed by atoms with Gasteiger partial charge in [-0.25, -0.2) is 4.98 Å². The zero-order valence-corrected chi connectivity index (χ0v) is 14.0. The maximum Gasteiger partial charge on any atom is 0.262 e. The lowest BCUT2D eigenvalue weighted by molar-refractivity contribution is 0.129. The fraction of sp³-hybridized carbons (Fsp3) is 0.333. The maximum absolute atomic E-state index is 12.9. The third-order valence-electron chi connectivity index (χ3n) is 4.14. The van der Waals surface area contributed by atoms with E-state index in [0.29, 0.717) is 17.1 Å². The fourth-order valence-corrected chi connectivity index (χ4v) is 3.96. The van der Waals surface area contributed by atoms with Crippen molar-refractivity contribution in [2.24, 2.45) is 0 Å². The van der Waals surface area contributed by atoms with Crippen LogP contribution in [0.15, 0.2) is 57.0 Å². The Morgan fingerprint density at radius 1 is 1.25 bits per heavy atom. The summed E-state index contributed by atoms with van der Waals surface area (Å²) in [6.07, 6.45) is 4.04. The highest BCUT2D eigenvalue weighted by molar-refractivity contribution is 7.99. The summed E-state index contributed by atoms with van der Waals surface area (Å²) in [6.45, 7) is 1.22. The van der Waals surface area contributed by atoms with E-state index in [1.54, 1.807) is 22.6 Å². The predicted molar refractivity (Wildman–Crippen MR) is 93.5 cm³/mol. The first-order valence-electron chi connectivity index (χ1n) is 8.07. The Kier molecular flexibility index (Phi) is 4.40. The third kappa shape index (κ3) is 3.12. The molecule has 3 heterocycles. The normalized spacial score (nSPS) is 17.6. The van der Waals surface area contributed by atoms with E-state index in [0.717, 1.165) is 36.5 Å². The molecule has 0 aliphatic carbocycles. The molecule has 1 atom stereocenters. The van der Waals surface area contributed by atoms with Gasteiger partial charge in [-0.15, -0.1) is 0 Å². The van der Waals surface area contributed by atoms with Crippen LogP contribution in [0.25, 0.3) is 10.9 Å². The van der Waals surface area contributed by atoms with Crippen LogP contribution in [0.3, 0.4) is 0 Å². The van der Waals surface area contributed by atoms with Gasteiger partial charge < -0.3 is 9.15 Å². The summed E-state index contributed by atoms with van der Waals surface area (Å²) in [5.74, 6) is 1.55. The smallest absolute Gasteiger partial charge is 0.262 e. The van der Waals surface area contributed by atoms with E-state index in [1.165, 1.54) is 0 Å². The number of furan rings is 1. The standard InChI is InChI=1S/C18H18N2O3S/c21-17-15-7-1-2-8-16(15)19-18(24-12-14-6-4-10-23-14)20(17)11-13-5-3-9-22-13/h1-3,5,7-9,14H,4,6,10-12H2. The van der Waals surface area contributed by atoms with Crippen molar-refractivity contribution < 1.29 is 9.15 Å². The van der Waals surface area contributed by atoms with Crippen molar-refractivity contribution in [1.82, 2.24) is 9.55 Å². The van der Waals surface area contributed by atoms with E-state index in [2.05, 4.69) is 0 Å². The Morgan fingerprint density at radius 3 is 2.96 bits per heavy atom. The van der Waals surface area contributed by atoms with E-state index in [1.807, 2.05) is 36.4 Å². The molecule has 4 rings (SSSR count). The summed E-state index contributed by atoms with van der Waals surface area (Å²) >= 11 is 1.58. The molecule has 1 aliphatic heterocycles. The summed E-state index contributed by atoms with van der Waals surface area (Å²) < 4.78 is 12.8. The van der Waals surface area contributed by atoms with Crippen molar-refractivity contribution in [1.29, 1.82) is 0 Å². The molecule has 1 unspecified atom stereocenters. The molecule has 1 fully saturated rings. The van der Waals surface area contributed by atoms with Crippen LogP contribution in [0.4, 0.5) is 0 Å². The number of fused-ring (bicyclic) bond motifs is 1. The zero-order chi connectivity index (χ0) is 16.4. The molecule has 5 nitrogen and oxygen atoms in total. The van der Waals surface area contributed by atoms with Crippen LogP contribution in [0.1, 0.15) is 18.6 Å². The molecule has 0 saturated carbocycles. The van der Waals surface area contributed by atoms with Crippen LogP contribution in [0, 0.1) is 0 Å². The lowest BCUT2D eigenvalue weighted by atomic mass is 10.2. The van der Waals surface area contributed by atoms with Gasteiger partial charge in [0.1, 0.15) is 5.76 Å². The van der Waals surface area contributed by atoms with Crippen LogP contribution >= 0.6 is 11.8 Å². The van der Waals surface area contributed by atoms with Gasteiger partial charge in [-0.3, -0.25) is 9.36 Å². The van der Waals surface area contributed by atoms with E-state index in [9.17, 15) is 4.79 Å². The molecular formula is C18H18N2O3S. The summed E-state index contributed by atoms with van der Waals surface area (Å²) in [7, 11) is 0. The SMILES string of the molecule is O=c1c2ccccc2nc(SCC2CCCO2)n1Cc1ccco1. The van der Waals surface area contributed by atoms with Gasteiger partial charge in [0.2, 0.25) is 0 Å². The Labute approximate surface area is 143 Å². The second-order valence-electron chi connectivity index (χ2n) is 5.83. The van der Waals surface area contributed by atoms with Gasteiger partial charge in [-0.2, -0.15) is 0 Å². The van der Waals surface area contributed by atoms with E-state index in [4.69, 9.17) is 14.1 Å². The Bertz CT molecular complexity index is 883. The number of nitrogens with zero attached hydrogens (tertiary/aromatic N) is 2. The van der Waals surface area contributed by atoms with Crippen molar-refractivity contribution in [3.05, 3.63) is 58.8 Å². The van der Waals surface area contributed by atoms with Gasteiger partial charge >= 0.3 is 0 Å². The van der Waals surface area contributed by atoms with Gasteiger partial charge in [0, 0.05) is 12.4 Å². The summed E-state index contributed by atoms with van der Waals surface area (Å²) in [5.41, 5.74) is 0.694. The monoisotopic (exact) mass is 342 g/mol. The summed E-state index contributed by atoms with van der Waals surface area (Å²) in [4.78, 5) is 17.6. The predicted octanol–water partition coefficient (Wildman–Crippen LogP) is 3.31. The second-order valence-corrected chi connectivity index (χ2v) is 6.82. The number of ether oxygens (including phenoxy) is 1. The first kappa shape index (κ1) is 15.5. The molecule has 6 heteroatoms. The Hall–Kier alpha value is -2.05. The van der Waals surface area contributed by atoms with Crippen LogP contribution < -0.4 is 5.56 Å². The number of rotatable bonds is 5. The quantitative estimate of drug-likeness (QED) is 0.526. The average Bonchev–Trinajstić information content (AvgIpc) is 3.29. The minimum Gasteiger partial charge on any atom is -0.467 e. The van der Waals surface area contributed by atoms with Gasteiger partial charge in [0.05, 0.1) is 29.8 Å². The van der Waals surface area contributed by atoms with Crippen molar-refractivity contribution in [3.63, 3.8) is 0 Å². The molecule has 0 N–H and O–H groups in total. The first-order valence-corrected chi connectivity index (χ1v) is 9.06. The number of thioether (sulfide) groups is 1. The molecule has 1 aliphatic rings. The first-order chi connectivity index (χ1) is 11.8. The molecule has 0 amide bonds. The van der Waals surface area contributed by atoms with Gasteiger partial charge in [-0.1, -0.05) is 23.9 Å². The molecule has 0 bridgehead atoms. The number of hydrogen-bond acceptors (Lipinski definition) is 5. The average molecular weight is 342 g/mol. The van der Waals surface area contributed by atoms with E-state index in [-0.39, 0.29) is 11.7 Å². The van der Waals surface area contributed by atoms with Gasteiger partial charge in [-0.05, 0) is 37.1 Å². The van der Waals surface area contributed by atoms with Crippen LogP contribution in [-0.2, 0) is 11.3 Å². The largest absolute Gasteiger partial charge is 0.467 e. The molecule has 24 heavy (non-hydrogen) atoms. The number of para-hydroxylation sites is 1. The highest BCUT2D eigenvalue weighted by Gasteiger charge is 2.18. The molecule has 3 aromatic rings. The zero-order valence-electron chi connectivity index (χ0n) is 13.2. The number of benzene rings is 1. The van der Waals surface area contributed by atoms with Crippen molar-refractivity contribution in [3.8, 4) is 0 Å². The molecule has 1 aromatic carbocycles. The molecule has 1 saturated heterocycles. The fourth-order valence-electron chi connectivity index (χ4n) is 2.90. The minimum atomic E-state index is -0.0353. The van der Waals surface area contributed by atoms with Crippen LogP contribution in [0.5, 0.6) is 0 Å². The van der Waals surface area contributed by atoms with Crippen LogP contribution in [0.2, 0.25) is 0 Å². The van der Waals surface area contributed by atoms with Gasteiger partial charge in [0.25, 0.3) is 5.56 Å². The molecule has 2 aromatic heterocycles. The lowest BCUT2D eigenvalue weighted by Crippen LogP contribution is -2.24. The molecule has 0 spiro atoms. The number of aromatic nitrogens is 2. The lowest BCUT2D eigenvalue weighted by Gasteiger charge is -2.14. The third-order valence-corrected chi connectivity index (χ3v) is 5.25. The van der Waals surface area contributed by atoms with Crippen LogP contribution in [-0.4, -0.2) is 28.0 Å². The molecule has 0 radical (unpaired) electrons. The number of hydrogen-bond donors (Lipinski definition) is 0. The highest BCUT2D eigenvalue weighted by atomic mass is 32.2. The maximum atomic E-state index is 12.9. The van der Waals surface area contributed by atoms with Crippen molar-refractivity contribution in [2.75, 3.05) is 12.4 Å².